The standard InChI is InChI=1S/C20H21N5O2/c26-19-14-4-1-2-5-15(14)22-18(25(19)12-13-7-8-13)17-6-3-11-24(17)20(27)16-9-10-21-23-16/h1-2,4-5,9-10,13,17H,3,6-8,11-12H2,(H,21,23). The van der Waals surface area contributed by atoms with Crippen molar-refractivity contribution in [3.05, 3.63) is 58.4 Å². The van der Waals surface area contributed by atoms with E-state index in [1.165, 1.54) is 0 Å². The maximum absolute atomic E-state index is 13.2. The molecule has 138 valence electrons. The molecule has 1 amide bonds. The van der Waals surface area contributed by atoms with Crippen LogP contribution < -0.4 is 5.56 Å². The number of hydrogen-bond donors (Lipinski definition) is 1. The summed E-state index contributed by atoms with van der Waals surface area (Å²) in [7, 11) is 0. The Hall–Kier alpha value is -2.96. The van der Waals surface area contributed by atoms with E-state index in [1.807, 2.05) is 33.7 Å². The molecule has 1 saturated heterocycles. The van der Waals surface area contributed by atoms with Crippen LogP contribution in [0.15, 0.2) is 41.3 Å². The summed E-state index contributed by atoms with van der Waals surface area (Å²) in [6, 6.07) is 8.97. The molecular weight excluding hydrogens is 342 g/mol. The summed E-state index contributed by atoms with van der Waals surface area (Å²) in [6.07, 6.45) is 5.60. The molecule has 5 rings (SSSR count). The van der Waals surface area contributed by atoms with Crippen molar-refractivity contribution >= 4 is 16.8 Å². The highest BCUT2D eigenvalue weighted by Gasteiger charge is 2.35. The summed E-state index contributed by atoms with van der Waals surface area (Å²) in [5, 5.41) is 7.29. The van der Waals surface area contributed by atoms with Crippen LogP contribution in [0.5, 0.6) is 0 Å². The second-order valence-corrected chi connectivity index (χ2v) is 7.47. The monoisotopic (exact) mass is 363 g/mol. The fourth-order valence-corrected chi connectivity index (χ4v) is 3.98. The summed E-state index contributed by atoms with van der Waals surface area (Å²) < 4.78 is 1.82. The van der Waals surface area contributed by atoms with Gasteiger partial charge in [-0.1, -0.05) is 12.1 Å². The van der Waals surface area contributed by atoms with Gasteiger partial charge in [-0.25, -0.2) is 4.98 Å². The Bertz CT molecular complexity index is 1050. The predicted octanol–water partition coefficient (Wildman–Crippen LogP) is 2.51. The van der Waals surface area contributed by atoms with E-state index >= 15 is 0 Å². The number of rotatable bonds is 4. The van der Waals surface area contributed by atoms with Crippen LogP contribution in [0, 0.1) is 5.92 Å². The highest BCUT2D eigenvalue weighted by Crippen LogP contribution is 2.35. The Labute approximate surface area is 156 Å². The number of H-pyrrole nitrogens is 1. The molecule has 7 nitrogen and oxygen atoms in total. The molecule has 1 aromatic carbocycles. The molecule has 2 aliphatic rings. The lowest BCUT2D eigenvalue weighted by molar-refractivity contribution is 0.0720. The number of amides is 1. The van der Waals surface area contributed by atoms with Crippen LogP contribution in [-0.4, -0.2) is 37.1 Å². The van der Waals surface area contributed by atoms with Crippen molar-refractivity contribution in [1.29, 1.82) is 0 Å². The first-order chi connectivity index (χ1) is 13.2. The number of para-hydroxylation sites is 1. The lowest BCUT2D eigenvalue weighted by atomic mass is 10.1. The van der Waals surface area contributed by atoms with Crippen molar-refractivity contribution < 1.29 is 4.79 Å². The van der Waals surface area contributed by atoms with Crippen LogP contribution in [-0.2, 0) is 6.54 Å². The zero-order valence-corrected chi connectivity index (χ0v) is 15.0. The molecule has 3 aromatic rings. The third-order valence-electron chi connectivity index (χ3n) is 5.57. The van der Waals surface area contributed by atoms with Crippen molar-refractivity contribution in [2.45, 2.75) is 38.3 Å². The summed E-state index contributed by atoms with van der Waals surface area (Å²) in [5.74, 6) is 1.17. The van der Waals surface area contributed by atoms with E-state index in [0.29, 0.717) is 35.6 Å². The average molecular weight is 363 g/mol. The number of fused-ring (bicyclic) bond motifs is 1. The number of aromatic nitrogens is 4. The minimum atomic E-state index is -0.183. The van der Waals surface area contributed by atoms with Gasteiger partial charge in [-0.3, -0.25) is 19.3 Å². The highest BCUT2D eigenvalue weighted by atomic mass is 16.2. The zero-order chi connectivity index (χ0) is 18.4. The van der Waals surface area contributed by atoms with Gasteiger partial charge >= 0.3 is 0 Å². The van der Waals surface area contributed by atoms with Crippen LogP contribution in [0.1, 0.15) is 48.0 Å². The van der Waals surface area contributed by atoms with Gasteiger partial charge in [-0.2, -0.15) is 5.10 Å². The third-order valence-corrected chi connectivity index (χ3v) is 5.57. The first kappa shape index (κ1) is 16.2. The molecule has 27 heavy (non-hydrogen) atoms. The van der Waals surface area contributed by atoms with Gasteiger partial charge in [0.1, 0.15) is 11.5 Å². The molecule has 1 aliphatic heterocycles. The van der Waals surface area contributed by atoms with Gasteiger partial charge in [0.05, 0.1) is 16.9 Å². The highest BCUT2D eigenvalue weighted by molar-refractivity contribution is 5.92. The Kier molecular flexibility index (Phi) is 3.81. The van der Waals surface area contributed by atoms with Gasteiger partial charge in [0.15, 0.2) is 0 Å². The van der Waals surface area contributed by atoms with Gasteiger partial charge in [0.2, 0.25) is 0 Å². The minimum Gasteiger partial charge on any atom is -0.327 e. The second kappa shape index (κ2) is 6.33. The number of carbonyl (C=O) groups is 1. The average Bonchev–Trinajstić information content (AvgIpc) is 3.15. The van der Waals surface area contributed by atoms with E-state index < -0.39 is 0 Å². The Morgan fingerprint density at radius 1 is 1.19 bits per heavy atom. The van der Waals surface area contributed by atoms with E-state index in [4.69, 9.17) is 4.98 Å². The fraction of sp³-hybridized carbons (Fsp3) is 0.400. The lowest BCUT2D eigenvalue weighted by Crippen LogP contribution is -2.36. The molecule has 7 heteroatoms. The largest absolute Gasteiger partial charge is 0.327 e. The molecule has 0 spiro atoms. The first-order valence-corrected chi connectivity index (χ1v) is 9.52. The fourth-order valence-electron chi connectivity index (χ4n) is 3.98. The number of nitrogens with zero attached hydrogens (tertiary/aromatic N) is 4. The molecule has 1 saturated carbocycles. The molecule has 1 N–H and O–H groups in total. The number of benzene rings is 1. The number of likely N-dealkylation sites (tertiary alicyclic amines) is 1. The van der Waals surface area contributed by atoms with Gasteiger partial charge in [-0.15, -0.1) is 0 Å². The van der Waals surface area contributed by atoms with Crippen molar-refractivity contribution in [3.63, 3.8) is 0 Å². The van der Waals surface area contributed by atoms with Crippen LogP contribution in [0.2, 0.25) is 0 Å². The van der Waals surface area contributed by atoms with Crippen molar-refractivity contribution in [1.82, 2.24) is 24.6 Å². The molecule has 2 fully saturated rings. The number of nitrogens with one attached hydrogen (secondary N) is 1. The molecular formula is C20H21N5O2. The van der Waals surface area contributed by atoms with Crippen LogP contribution in [0.25, 0.3) is 10.9 Å². The van der Waals surface area contributed by atoms with Crippen molar-refractivity contribution in [3.8, 4) is 0 Å². The first-order valence-electron chi connectivity index (χ1n) is 9.52. The maximum atomic E-state index is 13.2. The number of hydrogen-bond acceptors (Lipinski definition) is 4. The molecule has 2 aromatic heterocycles. The van der Waals surface area contributed by atoms with E-state index in [1.54, 1.807) is 12.3 Å². The molecule has 0 bridgehead atoms. The third kappa shape index (κ3) is 2.83. The Balaban J connectivity index is 1.62. The summed E-state index contributed by atoms with van der Waals surface area (Å²) in [6.45, 7) is 1.35. The zero-order valence-electron chi connectivity index (χ0n) is 15.0. The van der Waals surface area contributed by atoms with E-state index in [-0.39, 0.29) is 17.5 Å². The molecule has 0 radical (unpaired) electrons. The smallest absolute Gasteiger partial charge is 0.272 e. The maximum Gasteiger partial charge on any atom is 0.272 e. The van der Waals surface area contributed by atoms with Crippen LogP contribution >= 0.6 is 0 Å². The van der Waals surface area contributed by atoms with Crippen LogP contribution in [0.4, 0.5) is 0 Å². The van der Waals surface area contributed by atoms with Gasteiger partial charge in [0.25, 0.3) is 11.5 Å². The van der Waals surface area contributed by atoms with E-state index in [2.05, 4.69) is 10.2 Å². The van der Waals surface area contributed by atoms with Crippen molar-refractivity contribution in [2.75, 3.05) is 6.54 Å². The lowest BCUT2D eigenvalue weighted by Gasteiger charge is -2.26. The van der Waals surface area contributed by atoms with Gasteiger partial charge in [-0.05, 0) is 49.8 Å². The quantitative estimate of drug-likeness (QED) is 0.772. The van der Waals surface area contributed by atoms with Gasteiger partial charge in [0, 0.05) is 19.3 Å². The summed E-state index contributed by atoms with van der Waals surface area (Å²) in [4.78, 5) is 32.8. The SMILES string of the molecule is O=C(c1ccn[nH]1)N1CCCC1c1nc2ccccc2c(=O)n1CC1CC1. The normalized spacial score (nSPS) is 19.7. The predicted molar refractivity (Wildman–Crippen MR) is 100 cm³/mol. The molecule has 3 heterocycles. The van der Waals surface area contributed by atoms with Gasteiger partial charge < -0.3 is 4.90 Å². The van der Waals surface area contributed by atoms with Crippen molar-refractivity contribution in [2.24, 2.45) is 5.92 Å². The summed E-state index contributed by atoms with van der Waals surface area (Å²) in [5.41, 5.74) is 1.17. The Morgan fingerprint density at radius 3 is 2.81 bits per heavy atom. The molecule has 1 atom stereocenters. The summed E-state index contributed by atoms with van der Waals surface area (Å²) >= 11 is 0. The number of aromatic amines is 1. The minimum absolute atomic E-state index is 0.00309. The second-order valence-electron chi connectivity index (χ2n) is 7.47. The molecule has 1 unspecified atom stereocenters. The Morgan fingerprint density at radius 2 is 2.04 bits per heavy atom. The van der Waals surface area contributed by atoms with E-state index in [0.717, 1.165) is 31.5 Å². The topological polar surface area (TPSA) is 83.9 Å². The number of carbonyl (C=O) groups excluding carboxylic acids is 1. The van der Waals surface area contributed by atoms with Crippen LogP contribution in [0.3, 0.4) is 0 Å². The van der Waals surface area contributed by atoms with E-state index in [9.17, 15) is 9.59 Å². The molecule has 1 aliphatic carbocycles.